The van der Waals surface area contributed by atoms with Gasteiger partial charge in [0.1, 0.15) is 52.2 Å². The number of piperidine rings is 1. The Kier molecular flexibility index (Phi) is 15.5. The van der Waals surface area contributed by atoms with E-state index in [-0.39, 0.29) is 24.6 Å². The second kappa shape index (κ2) is 22.1. The summed E-state index contributed by atoms with van der Waals surface area (Å²) in [4.78, 5) is 66.0. The number of aromatic nitrogens is 9. The number of aryl methyl sites for hydroxylation is 5. The zero-order valence-corrected chi connectivity index (χ0v) is 41.6. The molecule has 8 rings (SSSR count). The van der Waals surface area contributed by atoms with E-state index in [2.05, 4.69) is 45.5 Å². The van der Waals surface area contributed by atoms with Crippen molar-refractivity contribution in [2.45, 2.75) is 99.4 Å². The van der Waals surface area contributed by atoms with Crippen LogP contribution in [0.25, 0.3) is 11.0 Å². The van der Waals surface area contributed by atoms with Crippen molar-refractivity contribution in [2.24, 2.45) is 10.7 Å². The molecule has 2 aliphatic heterocycles. The third-order valence-electron chi connectivity index (χ3n) is 13.0. The van der Waals surface area contributed by atoms with E-state index in [1.807, 2.05) is 51.7 Å². The largest absolute Gasteiger partial charge is 0.494 e. The van der Waals surface area contributed by atoms with Crippen LogP contribution in [0.2, 0.25) is 0 Å². The van der Waals surface area contributed by atoms with Crippen LogP contribution in [0.3, 0.4) is 0 Å². The maximum atomic E-state index is 13.9. The molecule has 0 aliphatic carbocycles. The molecule has 0 saturated carbocycles. The van der Waals surface area contributed by atoms with Crippen LogP contribution in [0.15, 0.2) is 53.5 Å². The monoisotopic (exact) mass is 970 g/mol. The Morgan fingerprint density at radius 2 is 1.68 bits per heavy atom. The van der Waals surface area contributed by atoms with E-state index >= 15 is 0 Å². The fraction of sp³-hybridized carbons (Fsp3) is 0.440. The number of aldehydes is 1. The first-order chi connectivity index (χ1) is 34.3. The van der Waals surface area contributed by atoms with Crippen LogP contribution in [0, 0.1) is 20.8 Å². The van der Waals surface area contributed by atoms with Crippen LogP contribution in [0.4, 0.5) is 11.6 Å². The predicted molar refractivity (Wildman–Crippen MR) is 269 cm³/mol. The Labute approximate surface area is 412 Å². The highest BCUT2D eigenvalue weighted by atomic mass is 16.5. The van der Waals surface area contributed by atoms with Crippen molar-refractivity contribution in [2.75, 3.05) is 56.7 Å². The molecule has 374 valence electrons. The molecule has 1 saturated heterocycles. The Balaban J connectivity index is 1.06. The van der Waals surface area contributed by atoms with Crippen molar-refractivity contribution < 1.29 is 28.7 Å². The molecule has 71 heavy (non-hydrogen) atoms. The maximum Gasteiger partial charge on any atom is 0.296 e. The average molecular weight is 970 g/mol. The third-order valence-corrected chi connectivity index (χ3v) is 13.0. The molecule has 4 N–H and O–H groups in total. The quantitative estimate of drug-likeness (QED) is 0.0310. The summed E-state index contributed by atoms with van der Waals surface area (Å²) in [6, 6.07) is 10.0. The number of fused-ring (bicyclic) bond motifs is 2. The van der Waals surface area contributed by atoms with Crippen molar-refractivity contribution in [3.63, 3.8) is 0 Å². The van der Waals surface area contributed by atoms with E-state index in [1.165, 1.54) is 13.2 Å². The summed E-state index contributed by atoms with van der Waals surface area (Å²) >= 11 is 0. The summed E-state index contributed by atoms with van der Waals surface area (Å²) in [6.45, 7) is 18.2. The lowest BCUT2D eigenvalue weighted by atomic mass is 9.95. The molecule has 0 spiro atoms. The minimum Gasteiger partial charge on any atom is -0.494 e. The Morgan fingerprint density at radius 1 is 0.944 bits per heavy atom. The van der Waals surface area contributed by atoms with Crippen molar-refractivity contribution in [3.8, 4) is 11.5 Å². The lowest BCUT2D eigenvalue weighted by Gasteiger charge is -2.32. The van der Waals surface area contributed by atoms with E-state index in [4.69, 9.17) is 20.2 Å². The number of benzene rings is 2. The first kappa shape index (κ1) is 49.9. The number of allylic oxidation sites excluding steroid dienone is 1. The van der Waals surface area contributed by atoms with E-state index in [1.54, 1.807) is 51.2 Å². The number of primary amides is 1. The molecule has 0 bridgehead atoms. The zero-order valence-electron chi connectivity index (χ0n) is 41.6. The number of ether oxygens (including phenoxy) is 2. The maximum absolute atomic E-state index is 13.9. The van der Waals surface area contributed by atoms with Gasteiger partial charge in [-0.2, -0.15) is 15.2 Å². The van der Waals surface area contributed by atoms with Crippen molar-refractivity contribution in [1.82, 2.24) is 54.1 Å². The summed E-state index contributed by atoms with van der Waals surface area (Å²) < 4.78 is 19.6. The number of methoxy groups -OCH3 is 1. The number of aliphatic imine (C=N–C) groups is 1. The fourth-order valence-corrected chi connectivity index (χ4v) is 9.50. The highest BCUT2D eigenvalue weighted by molar-refractivity contribution is 6.08. The minimum absolute atomic E-state index is 0.185. The van der Waals surface area contributed by atoms with Gasteiger partial charge >= 0.3 is 0 Å². The topological polar surface area (TPSA) is 240 Å². The predicted octanol–water partition coefficient (Wildman–Crippen LogP) is 5.23. The Morgan fingerprint density at radius 3 is 2.38 bits per heavy atom. The van der Waals surface area contributed by atoms with Gasteiger partial charge in [0.2, 0.25) is 11.9 Å². The number of imidazole rings is 1. The number of carbonyl (C=O) groups excluding carboxylic acids is 4. The van der Waals surface area contributed by atoms with Gasteiger partial charge in [0.15, 0.2) is 0 Å². The number of nitrogens with one attached hydrogen (secondary N) is 2. The second-order valence-electron chi connectivity index (χ2n) is 17.9. The fourth-order valence-electron chi connectivity index (χ4n) is 9.50. The summed E-state index contributed by atoms with van der Waals surface area (Å²) in [5.74, 6) is 2.34. The molecule has 0 unspecified atom stereocenters. The smallest absolute Gasteiger partial charge is 0.296 e. The number of amides is 3. The second-order valence-corrected chi connectivity index (χ2v) is 17.9. The van der Waals surface area contributed by atoms with Gasteiger partial charge < -0.3 is 39.5 Å². The average Bonchev–Trinajstić information content (AvgIpc) is 4.16. The normalized spacial score (nSPS) is 14.5. The van der Waals surface area contributed by atoms with Crippen LogP contribution in [-0.4, -0.2) is 125 Å². The number of rotatable bonds is 19. The van der Waals surface area contributed by atoms with Gasteiger partial charge in [-0.1, -0.05) is 12.2 Å². The molecule has 0 atom stereocenters. The van der Waals surface area contributed by atoms with E-state index in [0.29, 0.717) is 88.0 Å². The molecule has 2 aromatic carbocycles. The summed E-state index contributed by atoms with van der Waals surface area (Å²) in [6.07, 6.45) is 7.37. The van der Waals surface area contributed by atoms with Gasteiger partial charge in [0.25, 0.3) is 11.8 Å². The van der Waals surface area contributed by atoms with Crippen LogP contribution in [0.5, 0.6) is 11.5 Å². The SMILES string of the molecule is CCn1nc(C)cc1C(=O)N=C(C)N(C/C=C/Cn1c(NC(=O)c2cc(C)nn2CC)nc2cc(C(N)=O)cc(OC)c21)c1c(C)cc(C=O)cc1OCCCN1CCC(c2nnc3n2CCNC3)CC1. The number of amidine groups is 1. The number of carbonyl (C=O) groups is 4. The molecular formula is C50H63N15O6. The first-order valence-electron chi connectivity index (χ1n) is 24.2. The van der Waals surface area contributed by atoms with Crippen LogP contribution >= 0.6 is 0 Å². The number of likely N-dealkylation sites (tertiary alicyclic amines) is 1. The highest BCUT2D eigenvalue weighted by Gasteiger charge is 2.28. The van der Waals surface area contributed by atoms with Gasteiger partial charge in [0.05, 0.1) is 42.9 Å². The van der Waals surface area contributed by atoms with E-state index in [9.17, 15) is 19.2 Å². The molecule has 3 amide bonds. The van der Waals surface area contributed by atoms with Gasteiger partial charge in [-0.25, -0.2) is 4.98 Å². The number of nitrogens with two attached hydrogens (primary N) is 1. The third kappa shape index (κ3) is 10.9. The molecule has 21 heteroatoms. The molecule has 21 nitrogen and oxygen atoms in total. The number of anilines is 2. The number of hydrogen-bond donors (Lipinski definition) is 3. The Bertz CT molecular complexity index is 3010. The highest BCUT2D eigenvalue weighted by Crippen LogP contribution is 2.35. The van der Waals surface area contributed by atoms with Gasteiger partial charge in [-0.15, -0.1) is 10.2 Å². The van der Waals surface area contributed by atoms with Gasteiger partial charge in [-0.05, 0) is 116 Å². The molecule has 4 aromatic heterocycles. The van der Waals surface area contributed by atoms with Gasteiger partial charge in [-0.3, -0.25) is 33.9 Å². The van der Waals surface area contributed by atoms with Crippen LogP contribution in [-0.2, 0) is 32.7 Å². The minimum atomic E-state index is -0.659. The molecular weight excluding hydrogens is 907 g/mol. The van der Waals surface area contributed by atoms with E-state index in [0.717, 1.165) is 82.0 Å². The molecule has 6 aromatic rings. The molecule has 1 fully saturated rings. The van der Waals surface area contributed by atoms with Gasteiger partial charge in [0, 0.05) is 62.9 Å². The number of hydrogen-bond acceptors (Lipinski definition) is 13. The lowest BCUT2D eigenvalue weighted by molar-refractivity contribution is 0.0986. The van der Waals surface area contributed by atoms with E-state index < -0.39 is 17.7 Å². The summed E-state index contributed by atoms with van der Waals surface area (Å²) in [5, 5.41) is 24.2. The molecule has 6 heterocycles. The van der Waals surface area contributed by atoms with Crippen LogP contribution < -0.4 is 30.7 Å². The zero-order chi connectivity index (χ0) is 50.3. The molecule has 0 radical (unpaired) electrons. The summed E-state index contributed by atoms with van der Waals surface area (Å²) in [5.41, 5.74) is 10.7. The van der Waals surface area contributed by atoms with Crippen molar-refractivity contribution >= 4 is 52.5 Å². The Hall–Kier alpha value is -7.52. The molecule has 2 aliphatic rings. The standard InChI is InChI=1S/C50H63N15O6/c1-8-64-39(24-32(4)58-64)48(68)53-34(6)61(17-10-11-18-63-45-38(27-37(46(51)67)28-41(45)70-7)54-50(63)55-49(69)40-25-33(5)59-65(40)9-2)44-31(3)23-35(30-66)26-42(44)71-22-12-16-60-19-13-36(14-20-60)47-57-56-43-29-52-15-21-62(43)47/h10-11,23-28,30,36,52H,8-9,12-22,29H2,1-7H3,(H2,51,67)(H,54,55,69)/b11-10+,53-34?. The first-order valence-corrected chi connectivity index (χ1v) is 24.2. The van der Waals surface area contributed by atoms with Crippen molar-refractivity contribution in [1.29, 1.82) is 0 Å². The van der Waals surface area contributed by atoms with Crippen LogP contribution in [0.1, 0.15) is 116 Å². The lowest BCUT2D eigenvalue weighted by Crippen LogP contribution is -2.36. The summed E-state index contributed by atoms with van der Waals surface area (Å²) in [7, 11) is 1.48. The van der Waals surface area contributed by atoms with Crippen molar-refractivity contribution in [3.05, 3.63) is 99.7 Å². The number of nitrogens with zero attached hydrogens (tertiary/aromatic N) is 12.